The highest BCUT2D eigenvalue weighted by atomic mass is 15.2. The topological polar surface area (TPSA) is 24.7 Å². The molecule has 0 N–H and O–H groups in total. The molecule has 0 spiro atoms. The van der Waals surface area contributed by atoms with E-state index in [0.717, 1.165) is 30.4 Å². The second-order valence-corrected chi connectivity index (χ2v) is 6.18. The molecule has 0 radical (unpaired) electrons. The van der Waals surface area contributed by atoms with Crippen molar-refractivity contribution in [1.82, 2.24) is 0 Å². The van der Waals surface area contributed by atoms with E-state index in [-0.39, 0.29) is 0 Å². The Kier molecular flexibility index (Phi) is 8.40. The number of nitrogens with zero attached hydrogens (tertiary/aromatic N) is 2. The third kappa shape index (κ3) is 7.30. The predicted molar refractivity (Wildman–Crippen MR) is 110 cm³/mol. The Labute approximate surface area is 152 Å². The highest BCUT2D eigenvalue weighted by Crippen LogP contribution is 2.07. The lowest BCUT2D eigenvalue weighted by molar-refractivity contribution is 0.795. The monoisotopic (exact) mass is 332 g/mol. The molecule has 2 nitrogen and oxygen atoms in total. The van der Waals surface area contributed by atoms with Gasteiger partial charge in [0.25, 0.3) is 0 Å². The van der Waals surface area contributed by atoms with Gasteiger partial charge in [0, 0.05) is 0 Å². The largest absolute Gasteiger partial charge is 0.159 e. The number of allylic oxidation sites excluding steroid dienone is 2. The van der Waals surface area contributed by atoms with E-state index >= 15 is 0 Å². The highest BCUT2D eigenvalue weighted by Gasteiger charge is 1.93. The molecule has 2 aromatic carbocycles. The third-order valence-corrected chi connectivity index (χ3v) is 4.09. The number of hydrogen-bond donors (Lipinski definition) is 0. The zero-order valence-corrected chi connectivity index (χ0v) is 15.4. The summed E-state index contributed by atoms with van der Waals surface area (Å²) >= 11 is 0. The number of hydrogen-bond acceptors (Lipinski definition) is 2. The molecule has 0 fully saturated rings. The summed E-state index contributed by atoms with van der Waals surface area (Å²) in [5.41, 5.74) is 4.89. The van der Waals surface area contributed by atoms with Gasteiger partial charge in [-0.3, -0.25) is 0 Å². The van der Waals surface area contributed by atoms with Crippen LogP contribution >= 0.6 is 0 Å². The zero-order valence-electron chi connectivity index (χ0n) is 15.4. The molecule has 0 heterocycles. The van der Waals surface area contributed by atoms with Crippen LogP contribution in [-0.2, 0) is 12.8 Å². The lowest BCUT2D eigenvalue weighted by atomic mass is 10.1. The summed E-state index contributed by atoms with van der Waals surface area (Å²) in [5.74, 6) is 0. The summed E-state index contributed by atoms with van der Waals surface area (Å²) in [6.07, 6.45) is 13.7. The minimum Gasteiger partial charge on any atom is -0.159 e. The van der Waals surface area contributed by atoms with E-state index in [1.54, 1.807) is 12.4 Å². The SMILES string of the molecule is C/C=C/CCc1ccc(C=NN=Cc2ccc(CCCC)cc2)cc1. The Hall–Kier alpha value is -2.48. The van der Waals surface area contributed by atoms with Crippen molar-refractivity contribution in [1.29, 1.82) is 0 Å². The van der Waals surface area contributed by atoms with E-state index in [2.05, 4.69) is 84.7 Å². The molecule has 0 aliphatic rings. The highest BCUT2D eigenvalue weighted by molar-refractivity contribution is 5.82. The molecule has 0 aromatic heterocycles. The van der Waals surface area contributed by atoms with Crippen molar-refractivity contribution in [2.75, 3.05) is 0 Å². The molecule has 0 bridgehead atoms. The van der Waals surface area contributed by atoms with Gasteiger partial charge in [-0.05, 0) is 54.9 Å². The molecule has 0 aliphatic heterocycles. The first-order chi connectivity index (χ1) is 12.3. The molecule has 0 saturated heterocycles. The fraction of sp³-hybridized carbons (Fsp3) is 0.304. The fourth-order valence-corrected chi connectivity index (χ4v) is 2.54. The van der Waals surface area contributed by atoms with E-state index in [1.807, 2.05) is 0 Å². The van der Waals surface area contributed by atoms with Crippen molar-refractivity contribution in [3.05, 3.63) is 82.9 Å². The first-order valence-corrected chi connectivity index (χ1v) is 9.17. The summed E-state index contributed by atoms with van der Waals surface area (Å²) in [6, 6.07) is 17.0. The van der Waals surface area contributed by atoms with Crippen LogP contribution in [0.2, 0.25) is 0 Å². The second-order valence-electron chi connectivity index (χ2n) is 6.18. The normalized spacial score (nSPS) is 11.9. The summed E-state index contributed by atoms with van der Waals surface area (Å²) in [4.78, 5) is 0. The lowest BCUT2D eigenvalue weighted by Crippen LogP contribution is -1.87. The van der Waals surface area contributed by atoms with Crippen LogP contribution in [0.15, 0.2) is 70.9 Å². The van der Waals surface area contributed by atoms with Crippen LogP contribution in [0.4, 0.5) is 0 Å². The smallest absolute Gasteiger partial charge is 0.0568 e. The quantitative estimate of drug-likeness (QED) is 0.306. The maximum Gasteiger partial charge on any atom is 0.0568 e. The Balaban J connectivity index is 1.84. The van der Waals surface area contributed by atoms with Crippen molar-refractivity contribution < 1.29 is 0 Å². The van der Waals surface area contributed by atoms with E-state index in [0.29, 0.717) is 0 Å². The van der Waals surface area contributed by atoms with Gasteiger partial charge in [-0.25, -0.2) is 0 Å². The van der Waals surface area contributed by atoms with E-state index in [1.165, 1.54) is 24.0 Å². The maximum atomic E-state index is 4.15. The third-order valence-electron chi connectivity index (χ3n) is 4.09. The summed E-state index contributed by atoms with van der Waals surface area (Å²) < 4.78 is 0. The summed E-state index contributed by atoms with van der Waals surface area (Å²) in [7, 11) is 0. The van der Waals surface area contributed by atoms with Crippen LogP contribution in [0, 0.1) is 0 Å². The minimum atomic E-state index is 1.07. The first-order valence-electron chi connectivity index (χ1n) is 9.17. The molecular formula is C23H28N2. The molecule has 25 heavy (non-hydrogen) atoms. The average molecular weight is 332 g/mol. The molecule has 0 saturated carbocycles. The van der Waals surface area contributed by atoms with Crippen molar-refractivity contribution in [3.8, 4) is 0 Å². The molecule has 0 atom stereocenters. The molecule has 2 rings (SSSR count). The van der Waals surface area contributed by atoms with E-state index in [9.17, 15) is 0 Å². The van der Waals surface area contributed by atoms with Gasteiger partial charge >= 0.3 is 0 Å². The zero-order chi connectivity index (χ0) is 17.7. The lowest BCUT2D eigenvalue weighted by Gasteiger charge is -1.99. The van der Waals surface area contributed by atoms with Crippen LogP contribution in [0.3, 0.4) is 0 Å². The van der Waals surface area contributed by atoms with Gasteiger partial charge in [-0.1, -0.05) is 74.0 Å². The summed E-state index contributed by atoms with van der Waals surface area (Å²) in [5, 5.41) is 8.29. The minimum absolute atomic E-state index is 1.07. The van der Waals surface area contributed by atoms with Crippen molar-refractivity contribution >= 4 is 12.4 Å². The molecule has 0 amide bonds. The Morgan fingerprint density at radius 3 is 1.76 bits per heavy atom. The number of rotatable bonds is 9. The van der Waals surface area contributed by atoms with Crippen molar-refractivity contribution in [2.24, 2.45) is 10.2 Å². The van der Waals surface area contributed by atoms with Crippen LogP contribution in [-0.4, -0.2) is 12.4 Å². The standard InChI is InChI=1S/C23H28N2/c1-3-5-7-9-21-12-16-23(17-13-21)19-25-24-18-22-14-10-20(11-15-22)8-6-4-2/h3,5,10-19H,4,6-9H2,1-2H3/b5-3+,24-18?,25-19?. The molecular weight excluding hydrogens is 304 g/mol. The fourth-order valence-electron chi connectivity index (χ4n) is 2.54. The molecule has 0 unspecified atom stereocenters. The summed E-state index contributed by atoms with van der Waals surface area (Å²) in [6.45, 7) is 4.28. The van der Waals surface area contributed by atoms with Crippen LogP contribution in [0.5, 0.6) is 0 Å². The van der Waals surface area contributed by atoms with Gasteiger partial charge in [0.05, 0.1) is 12.4 Å². The molecule has 2 heteroatoms. The molecule has 0 aliphatic carbocycles. The van der Waals surface area contributed by atoms with Gasteiger partial charge in [-0.15, -0.1) is 0 Å². The first kappa shape index (κ1) is 18.9. The van der Waals surface area contributed by atoms with Crippen molar-refractivity contribution in [2.45, 2.75) is 46.0 Å². The predicted octanol–water partition coefficient (Wildman–Crippen LogP) is 5.99. The van der Waals surface area contributed by atoms with Gasteiger partial charge in [0.15, 0.2) is 0 Å². The Morgan fingerprint density at radius 1 is 0.760 bits per heavy atom. The van der Waals surface area contributed by atoms with Gasteiger partial charge in [0.2, 0.25) is 0 Å². The number of benzene rings is 2. The van der Waals surface area contributed by atoms with Crippen LogP contribution < -0.4 is 0 Å². The Bertz CT molecular complexity index is 692. The maximum absolute atomic E-state index is 4.15. The number of aryl methyl sites for hydroxylation is 2. The van der Waals surface area contributed by atoms with Gasteiger partial charge < -0.3 is 0 Å². The van der Waals surface area contributed by atoms with Crippen LogP contribution in [0.1, 0.15) is 55.4 Å². The average Bonchev–Trinajstić information content (AvgIpc) is 2.66. The molecule has 2 aromatic rings. The second kappa shape index (κ2) is 11.1. The Morgan fingerprint density at radius 2 is 1.28 bits per heavy atom. The van der Waals surface area contributed by atoms with Gasteiger partial charge in [-0.2, -0.15) is 10.2 Å². The van der Waals surface area contributed by atoms with Gasteiger partial charge in [0.1, 0.15) is 0 Å². The molecule has 130 valence electrons. The van der Waals surface area contributed by atoms with E-state index < -0.39 is 0 Å². The van der Waals surface area contributed by atoms with Crippen LogP contribution in [0.25, 0.3) is 0 Å². The van der Waals surface area contributed by atoms with Crippen molar-refractivity contribution in [3.63, 3.8) is 0 Å². The van der Waals surface area contributed by atoms with E-state index in [4.69, 9.17) is 0 Å². The number of unbranched alkanes of at least 4 members (excludes halogenated alkanes) is 1.